The van der Waals surface area contributed by atoms with Crippen LogP contribution in [0.3, 0.4) is 0 Å². The smallest absolute Gasteiger partial charge is 0.329 e. The van der Waals surface area contributed by atoms with Crippen LogP contribution in [0, 0.1) is 5.92 Å². The van der Waals surface area contributed by atoms with E-state index in [4.69, 9.17) is 5.11 Å². The van der Waals surface area contributed by atoms with Gasteiger partial charge in [-0.3, -0.25) is 24.0 Å². The first-order valence-corrected chi connectivity index (χ1v) is 19.4. The number of aliphatic carboxylic acids is 2. The van der Waals surface area contributed by atoms with Crippen molar-refractivity contribution in [2.45, 2.75) is 64.6 Å². The molecule has 1 aliphatic carbocycles. The molecule has 0 bridgehead atoms. The second-order valence-electron chi connectivity index (χ2n) is 14.5. The van der Waals surface area contributed by atoms with Gasteiger partial charge in [-0.1, -0.05) is 87.4 Å². The second-order valence-corrected chi connectivity index (χ2v) is 14.5. The first-order chi connectivity index (χ1) is 28.8. The summed E-state index contributed by atoms with van der Waals surface area (Å²) in [6, 6.07) is 21.7. The maximum absolute atomic E-state index is 13.4. The fourth-order valence-electron chi connectivity index (χ4n) is 6.77. The monoisotopic (exact) mass is 816 g/mol. The summed E-state index contributed by atoms with van der Waals surface area (Å²) in [4.78, 5) is 80.9. The number of nitrogens with one attached hydrogen (secondary N) is 2. The Labute approximate surface area is 342 Å². The van der Waals surface area contributed by atoms with Crippen LogP contribution in [-0.4, -0.2) is 75.4 Å². The number of carbonyl (C=O) groups excluding carboxylic acids is 2. The second kappa shape index (κ2) is 18.1. The minimum atomic E-state index is -1.29. The molecule has 1 saturated carbocycles. The molecule has 310 valence electrons. The summed E-state index contributed by atoms with van der Waals surface area (Å²) in [6.45, 7) is 4.88. The number of carboxylic acids is 2. The predicted molar refractivity (Wildman–Crippen MR) is 222 cm³/mol. The molecule has 60 heavy (non-hydrogen) atoms. The van der Waals surface area contributed by atoms with E-state index in [9.17, 15) is 44.1 Å². The van der Waals surface area contributed by atoms with Gasteiger partial charge in [0.2, 0.25) is 0 Å². The molecular formula is C44H44N6O10. The van der Waals surface area contributed by atoms with Crippen LogP contribution in [0.1, 0.15) is 72.5 Å². The zero-order valence-corrected chi connectivity index (χ0v) is 32.9. The molecule has 0 atom stereocenters. The molecule has 0 spiro atoms. The number of carbonyl (C=O) groups is 4. The molecule has 0 saturated heterocycles. The van der Waals surface area contributed by atoms with Gasteiger partial charge in [0.15, 0.2) is 22.9 Å². The van der Waals surface area contributed by atoms with Crippen LogP contribution in [0.25, 0.3) is 32.8 Å². The van der Waals surface area contributed by atoms with Crippen molar-refractivity contribution in [3.8, 4) is 22.6 Å². The molecule has 6 N–H and O–H groups in total. The zero-order chi connectivity index (χ0) is 43.1. The van der Waals surface area contributed by atoms with Crippen molar-refractivity contribution in [3.63, 3.8) is 0 Å². The number of amides is 2. The van der Waals surface area contributed by atoms with Gasteiger partial charge < -0.3 is 40.2 Å². The highest BCUT2D eigenvalue weighted by molar-refractivity contribution is 6.04. The quantitative estimate of drug-likeness (QED) is 0.0860. The van der Waals surface area contributed by atoms with Gasteiger partial charge >= 0.3 is 11.9 Å². The summed E-state index contributed by atoms with van der Waals surface area (Å²) in [7, 11) is 0. The lowest BCUT2D eigenvalue weighted by Crippen LogP contribution is -2.43. The number of benzene rings is 2. The van der Waals surface area contributed by atoms with Gasteiger partial charge in [-0.2, -0.15) is 0 Å². The summed E-state index contributed by atoms with van der Waals surface area (Å²) in [5, 5.41) is 44.9. The summed E-state index contributed by atoms with van der Waals surface area (Å²) < 4.78 is 3.11. The van der Waals surface area contributed by atoms with E-state index in [0.29, 0.717) is 48.0 Å². The fraction of sp³-hybridized carbons (Fsp3) is 0.273. The molecule has 6 aromatic rings. The molecule has 4 aromatic heterocycles. The van der Waals surface area contributed by atoms with Gasteiger partial charge in [-0.15, -0.1) is 0 Å². The standard InChI is InChI=1S/C24H27N3O5.C20H17N3O5/c1-3-15(4-2)14-27-19-13-26-21(23(31)25-11-10-20(28)29)22(30)18(19)12-17(24(27)32)16-8-6-5-7-9-16;24-16-13-6-9-23(11-12-4-2-1-3-5-12)18(26)14(13)10-21-15(16)17(25)22-20(7-8-20)19(27)28/h5-9,12-13,15,30H,3-4,10-11,14H2,1-2H3,(H,25,31)(H,28,29);1-6,9-10,24H,7-8,11H2,(H,22,25)(H,27,28). The number of rotatable bonds is 14. The Morgan fingerprint density at radius 1 is 0.783 bits per heavy atom. The molecule has 1 fully saturated rings. The van der Waals surface area contributed by atoms with Crippen LogP contribution in [0.15, 0.2) is 101 Å². The summed E-state index contributed by atoms with van der Waals surface area (Å²) in [5.74, 6) is -4.14. The summed E-state index contributed by atoms with van der Waals surface area (Å²) in [6.07, 6.45) is 6.38. The van der Waals surface area contributed by atoms with Crippen molar-refractivity contribution in [1.82, 2.24) is 29.7 Å². The van der Waals surface area contributed by atoms with Crippen molar-refractivity contribution in [1.29, 1.82) is 0 Å². The first-order valence-electron chi connectivity index (χ1n) is 19.4. The largest absolute Gasteiger partial charge is 0.505 e. The van der Waals surface area contributed by atoms with Crippen molar-refractivity contribution in [3.05, 3.63) is 129 Å². The van der Waals surface area contributed by atoms with E-state index >= 15 is 0 Å². The maximum Gasteiger partial charge on any atom is 0.329 e. The molecule has 7 rings (SSSR count). The van der Waals surface area contributed by atoms with Gasteiger partial charge in [-0.05, 0) is 42.0 Å². The van der Waals surface area contributed by atoms with E-state index < -0.39 is 35.0 Å². The van der Waals surface area contributed by atoms with E-state index in [1.165, 1.54) is 23.0 Å². The lowest BCUT2D eigenvalue weighted by molar-refractivity contribution is -0.140. The Kier molecular flexibility index (Phi) is 12.7. The number of aromatic hydroxyl groups is 2. The van der Waals surface area contributed by atoms with Crippen LogP contribution in [-0.2, 0) is 22.7 Å². The van der Waals surface area contributed by atoms with E-state index in [1.807, 2.05) is 60.7 Å². The average molecular weight is 817 g/mol. The zero-order valence-electron chi connectivity index (χ0n) is 32.9. The number of aromatic nitrogens is 4. The van der Waals surface area contributed by atoms with Crippen molar-refractivity contribution >= 4 is 45.4 Å². The summed E-state index contributed by atoms with van der Waals surface area (Å²) >= 11 is 0. The number of fused-ring (bicyclic) bond motifs is 2. The minimum absolute atomic E-state index is 0.0865. The Bertz CT molecular complexity index is 2710. The van der Waals surface area contributed by atoms with Gasteiger partial charge in [0.05, 0.1) is 30.1 Å². The molecule has 4 heterocycles. The average Bonchev–Trinajstić information content (AvgIpc) is 4.03. The van der Waals surface area contributed by atoms with Gasteiger partial charge in [0.1, 0.15) is 5.54 Å². The van der Waals surface area contributed by atoms with E-state index in [1.54, 1.807) is 16.8 Å². The predicted octanol–water partition coefficient (Wildman–Crippen LogP) is 4.91. The third-order valence-corrected chi connectivity index (χ3v) is 10.6. The van der Waals surface area contributed by atoms with Gasteiger partial charge in [0.25, 0.3) is 22.9 Å². The third kappa shape index (κ3) is 9.02. The van der Waals surface area contributed by atoms with Crippen molar-refractivity contribution in [2.24, 2.45) is 5.92 Å². The highest BCUT2D eigenvalue weighted by atomic mass is 16.4. The van der Waals surface area contributed by atoms with Crippen LogP contribution < -0.4 is 21.8 Å². The lowest BCUT2D eigenvalue weighted by atomic mass is 10.0. The normalized spacial score (nSPS) is 12.7. The Morgan fingerprint density at radius 3 is 2.02 bits per heavy atom. The Hall–Kier alpha value is -7.36. The van der Waals surface area contributed by atoms with Crippen LogP contribution >= 0.6 is 0 Å². The molecule has 2 aromatic carbocycles. The molecule has 0 radical (unpaired) electrons. The summed E-state index contributed by atoms with van der Waals surface area (Å²) in [5.41, 5.74) is 0.177. The highest BCUT2D eigenvalue weighted by Crippen LogP contribution is 2.36. The Morgan fingerprint density at radius 2 is 1.40 bits per heavy atom. The molecule has 16 heteroatoms. The van der Waals surface area contributed by atoms with Crippen LogP contribution in [0.4, 0.5) is 0 Å². The number of nitrogens with zero attached hydrogens (tertiary/aromatic N) is 4. The van der Waals surface area contributed by atoms with Gasteiger partial charge in [0, 0.05) is 41.8 Å². The van der Waals surface area contributed by atoms with E-state index in [0.717, 1.165) is 18.4 Å². The van der Waals surface area contributed by atoms with Crippen LogP contribution in [0.2, 0.25) is 0 Å². The molecule has 0 unspecified atom stereocenters. The first kappa shape index (κ1) is 42.3. The molecule has 1 aliphatic rings. The lowest BCUT2D eigenvalue weighted by Gasteiger charge is -2.19. The maximum atomic E-state index is 13.4. The van der Waals surface area contributed by atoms with E-state index in [2.05, 4.69) is 34.4 Å². The number of hydrogen-bond donors (Lipinski definition) is 6. The molecular weight excluding hydrogens is 773 g/mol. The molecule has 0 aliphatic heterocycles. The number of hydrogen-bond acceptors (Lipinski definition) is 10. The minimum Gasteiger partial charge on any atom is -0.505 e. The van der Waals surface area contributed by atoms with Crippen LogP contribution in [0.5, 0.6) is 11.5 Å². The number of pyridine rings is 4. The highest BCUT2D eigenvalue weighted by Gasteiger charge is 2.52. The van der Waals surface area contributed by atoms with Crippen molar-refractivity contribution in [2.75, 3.05) is 6.54 Å². The fourth-order valence-corrected chi connectivity index (χ4v) is 6.77. The number of carboxylic acid groups (broad SMARTS) is 2. The third-order valence-electron chi connectivity index (χ3n) is 10.6. The van der Waals surface area contributed by atoms with Crippen molar-refractivity contribution < 1.29 is 39.6 Å². The SMILES string of the molecule is CCC(CC)Cn1c(=O)c(-c2ccccc2)cc2c(O)c(C(=O)NCCC(=O)O)ncc21.O=C(NC1(C(=O)O)CC1)c1ncc2c(=O)n(Cc3ccccc3)ccc2c1O. The molecule has 16 nitrogen and oxygen atoms in total. The van der Waals surface area contributed by atoms with Gasteiger partial charge in [-0.25, -0.2) is 14.8 Å². The topological polar surface area (TPSA) is 243 Å². The van der Waals surface area contributed by atoms with E-state index in [-0.39, 0.29) is 57.9 Å². The molecule has 2 amide bonds. The Balaban J connectivity index is 0.000000203.